The smallest absolute Gasteiger partial charge is 0.451 e. The standard InChI is InChI=1S/C14H17F3N4O5S/c1-20-12(14(15,16)17)19-21(13(20)22)7-6-18-27(23,24)11-5-4-9(25-2)8-10(11)26-3/h4-5,8,18H,6-7H2,1-3H3. The Morgan fingerprint density at radius 3 is 2.41 bits per heavy atom. The molecule has 1 aromatic heterocycles. The van der Waals surface area contributed by atoms with Crippen LogP contribution in [0.5, 0.6) is 11.5 Å². The number of aromatic nitrogens is 3. The van der Waals surface area contributed by atoms with Gasteiger partial charge in [0, 0.05) is 19.7 Å². The van der Waals surface area contributed by atoms with Crippen LogP contribution in [0.1, 0.15) is 5.82 Å². The van der Waals surface area contributed by atoms with Crippen LogP contribution in [0.25, 0.3) is 0 Å². The van der Waals surface area contributed by atoms with E-state index in [1.165, 1.54) is 32.4 Å². The molecule has 2 aromatic rings. The van der Waals surface area contributed by atoms with Gasteiger partial charge in [0.2, 0.25) is 15.8 Å². The van der Waals surface area contributed by atoms with Crippen LogP contribution in [0.3, 0.4) is 0 Å². The summed E-state index contributed by atoms with van der Waals surface area (Å²) >= 11 is 0. The summed E-state index contributed by atoms with van der Waals surface area (Å²) in [5, 5.41) is 3.20. The number of nitrogens with zero attached hydrogens (tertiary/aromatic N) is 3. The van der Waals surface area contributed by atoms with Crippen molar-refractivity contribution in [1.82, 2.24) is 19.1 Å². The molecule has 0 bridgehead atoms. The Kier molecular flexibility index (Phi) is 5.85. The lowest BCUT2D eigenvalue weighted by atomic mass is 10.3. The number of hydrogen-bond acceptors (Lipinski definition) is 6. The monoisotopic (exact) mass is 410 g/mol. The molecule has 0 atom stereocenters. The Balaban J connectivity index is 2.17. The minimum atomic E-state index is -4.80. The van der Waals surface area contributed by atoms with E-state index in [2.05, 4.69) is 9.82 Å². The molecule has 0 aliphatic rings. The van der Waals surface area contributed by atoms with E-state index in [0.29, 0.717) is 15.0 Å². The van der Waals surface area contributed by atoms with Crippen molar-refractivity contribution in [2.45, 2.75) is 17.6 Å². The quantitative estimate of drug-likeness (QED) is 0.717. The lowest BCUT2D eigenvalue weighted by Crippen LogP contribution is -2.32. The molecule has 27 heavy (non-hydrogen) atoms. The lowest BCUT2D eigenvalue weighted by molar-refractivity contribution is -0.147. The normalized spacial score (nSPS) is 12.2. The van der Waals surface area contributed by atoms with Crippen molar-refractivity contribution < 1.29 is 31.1 Å². The molecule has 1 N–H and O–H groups in total. The number of hydrogen-bond donors (Lipinski definition) is 1. The van der Waals surface area contributed by atoms with Crippen molar-refractivity contribution in [1.29, 1.82) is 0 Å². The number of ether oxygens (including phenoxy) is 2. The summed E-state index contributed by atoms with van der Waals surface area (Å²) in [6.45, 7) is -0.744. The van der Waals surface area contributed by atoms with E-state index in [1.54, 1.807) is 0 Å². The molecular formula is C14H17F3N4O5S. The van der Waals surface area contributed by atoms with Gasteiger partial charge in [-0.05, 0) is 12.1 Å². The summed E-state index contributed by atoms with van der Waals surface area (Å²) in [7, 11) is -0.432. The molecule has 1 aromatic carbocycles. The van der Waals surface area contributed by atoms with Crippen LogP contribution < -0.4 is 19.9 Å². The predicted molar refractivity (Wildman–Crippen MR) is 87.2 cm³/mol. The summed E-state index contributed by atoms with van der Waals surface area (Å²) in [6, 6.07) is 4.04. The van der Waals surface area contributed by atoms with E-state index in [-0.39, 0.29) is 23.7 Å². The largest absolute Gasteiger partial charge is 0.497 e. The van der Waals surface area contributed by atoms with E-state index >= 15 is 0 Å². The molecule has 13 heteroatoms. The van der Waals surface area contributed by atoms with Gasteiger partial charge in [-0.25, -0.2) is 22.6 Å². The van der Waals surface area contributed by atoms with Crippen LogP contribution >= 0.6 is 0 Å². The fourth-order valence-corrected chi connectivity index (χ4v) is 3.41. The molecule has 9 nitrogen and oxygen atoms in total. The molecule has 0 saturated heterocycles. The van der Waals surface area contributed by atoms with Crippen LogP contribution in [0.15, 0.2) is 27.9 Å². The van der Waals surface area contributed by atoms with E-state index in [0.717, 1.165) is 7.05 Å². The molecule has 2 rings (SSSR count). The van der Waals surface area contributed by atoms with Crippen molar-refractivity contribution in [2.75, 3.05) is 20.8 Å². The molecule has 0 aliphatic carbocycles. The molecule has 0 spiro atoms. The van der Waals surface area contributed by atoms with E-state index in [1.807, 2.05) is 0 Å². The van der Waals surface area contributed by atoms with Crippen molar-refractivity contribution in [3.63, 3.8) is 0 Å². The number of nitrogens with one attached hydrogen (secondary N) is 1. The highest BCUT2D eigenvalue weighted by molar-refractivity contribution is 7.89. The average molecular weight is 410 g/mol. The fourth-order valence-electron chi connectivity index (χ4n) is 2.24. The summed E-state index contributed by atoms with van der Waals surface area (Å²) in [5.74, 6) is -0.964. The first-order chi connectivity index (χ1) is 12.5. The van der Waals surface area contributed by atoms with Crippen LogP contribution in [0, 0.1) is 0 Å². The minimum Gasteiger partial charge on any atom is -0.497 e. The van der Waals surface area contributed by atoms with Gasteiger partial charge in [-0.2, -0.15) is 13.2 Å². The van der Waals surface area contributed by atoms with Crippen LogP contribution in [0.2, 0.25) is 0 Å². The zero-order valence-corrected chi connectivity index (χ0v) is 15.4. The zero-order chi connectivity index (χ0) is 20.4. The molecule has 0 amide bonds. The Morgan fingerprint density at radius 2 is 1.89 bits per heavy atom. The van der Waals surface area contributed by atoms with Crippen LogP contribution in [-0.2, 0) is 29.8 Å². The van der Waals surface area contributed by atoms with Gasteiger partial charge < -0.3 is 9.47 Å². The van der Waals surface area contributed by atoms with E-state index < -0.39 is 27.7 Å². The van der Waals surface area contributed by atoms with Crippen molar-refractivity contribution in [2.24, 2.45) is 7.05 Å². The number of methoxy groups -OCH3 is 2. The highest BCUT2D eigenvalue weighted by Crippen LogP contribution is 2.28. The fraction of sp³-hybridized carbons (Fsp3) is 0.429. The first kappa shape index (κ1) is 20.8. The second kappa shape index (κ2) is 7.60. The van der Waals surface area contributed by atoms with Gasteiger partial charge in [0.1, 0.15) is 16.4 Å². The highest BCUT2D eigenvalue weighted by atomic mass is 32.2. The number of sulfonamides is 1. The maximum absolute atomic E-state index is 12.7. The zero-order valence-electron chi connectivity index (χ0n) is 14.6. The van der Waals surface area contributed by atoms with Crippen LogP contribution in [-0.4, -0.2) is 43.5 Å². The SMILES string of the molecule is COc1ccc(S(=O)(=O)NCCn2nc(C(F)(F)F)n(C)c2=O)c(OC)c1. The minimum absolute atomic E-state index is 0.0243. The van der Waals surface area contributed by atoms with Crippen molar-refractivity contribution in [3.05, 3.63) is 34.5 Å². The molecule has 0 fully saturated rings. The molecule has 0 unspecified atom stereocenters. The van der Waals surface area contributed by atoms with Gasteiger partial charge in [0.15, 0.2) is 0 Å². The van der Waals surface area contributed by atoms with Crippen molar-refractivity contribution in [3.8, 4) is 11.5 Å². The van der Waals surface area contributed by atoms with E-state index in [9.17, 15) is 26.4 Å². The van der Waals surface area contributed by atoms with Gasteiger partial charge in [-0.1, -0.05) is 0 Å². The third-order valence-corrected chi connectivity index (χ3v) is 5.07. The number of rotatable bonds is 7. The molecule has 0 radical (unpaired) electrons. The summed E-state index contributed by atoms with van der Waals surface area (Å²) in [5.41, 5.74) is -1.01. The predicted octanol–water partition coefficient (Wildman–Crippen LogP) is 0.596. The second-order valence-electron chi connectivity index (χ2n) is 5.30. The number of benzene rings is 1. The summed E-state index contributed by atoms with van der Waals surface area (Å²) in [6.07, 6.45) is -4.80. The average Bonchev–Trinajstić information content (AvgIpc) is 2.89. The second-order valence-corrected chi connectivity index (χ2v) is 7.04. The maximum Gasteiger partial charge on any atom is 0.451 e. The third-order valence-electron chi connectivity index (χ3n) is 3.57. The Morgan fingerprint density at radius 1 is 1.22 bits per heavy atom. The Bertz CT molecular complexity index is 982. The first-order valence-corrected chi connectivity index (χ1v) is 8.92. The molecule has 150 valence electrons. The summed E-state index contributed by atoms with van der Waals surface area (Å²) in [4.78, 5) is 11.6. The molecular weight excluding hydrogens is 393 g/mol. The van der Waals surface area contributed by atoms with Gasteiger partial charge >= 0.3 is 11.9 Å². The first-order valence-electron chi connectivity index (χ1n) is 7.44. The van der Waals surface area contributed by atoms with Gasteiger partial charge in [0.25, 0.3) is 0 Å². The van der Waals surface area contributed by atoms with Crippen molar-refractivity contribution >= 4 is 10.0 Å². The van der Waals surface area contributed by atoms with E-state index in [4.69, 9.17) is 9.47 Å². The topological polar surface area (TPSA) is 104 Å². The maximum atomic E-state index is 12.7. The van der Waals surface area contributed by atoms with Gasteiger partial charge in [-0.15, -0.1) is 5.10 Å². The number of halogens is 3. The molecule has 0 aliphatic heterocycles. The van der Waals surface area contributed by atoms with Gasteiger partial charge in [-0.3, -0.25) is 4.57 Å². The highest BCUT2D eigenvalue weighted by Gasteiger charge is 2.38. The molecule has 1 heterocycles. The lowest BCUT2D eigenvalue weighted by Gasteiger charge is -2.11. The Labute approximate surface area is 152 Å². The van der Waals surface area contributed by atoms with Gasteiger partial charge in [0.05, 0.1) is 20.8 Å². The third kappa shape index (κ3) is 4.42. The van der Waals surface area contributed by atoms with Crippen LogP contribution in [0.4, 0.5) is 13.2 Å². The molecule has 0 saturated carbocycles. The summed E-state index contributed by atoms with van der Waals surface area (Å²) < 4.78 is 76.1. The number of alkyl halides is 3. The Hall–Kier alpha value is -2.54.